The molecular formula is C20H27N5O4S. The Morgan fingerprint density at radius 3 is 2.57 bits per heavy atom. The van der Waals surface area contributed by atoms with E-state index in [1.807, 2.05) is 45.5 Å². The van der Waals surface area contributed by atoms with Crippen LogP contribution in [-0.4, -0.2) is 51.8 Å². The van der Waals surface area contributed by atoms with Crippen LogP contribution in [0.2, 0.25) is 0 Å². The highest BCUT2D eigenvalue weighted by molar-refractivity contribution is 7.91. The van der Waals surface area contributed by atoms with Gasteiger partial charge in [-0.2, -0.15) is 5.10 Å². The van der Waals surface area contributed by atoms with E-state index in [-0.39, 0.29) is 17.5 Å². The van der Waals surface area contributed by atoms with Gasteiger partial charge in [0.15, 0.2) is 9.84 Å². The first-order valence-corrected chi connectivity index (χ1v) is 11.8. The largest absolute Gasteiger partial charge is 0.466 e. The molecule has 1 fully saturated rings. The van der Waals surface area contributed by atoms with E-state index in [0.29, 0.717) is 31.3 Å². The van der Waals surface area contributed by atoms with Crippen LogP contribution in [0.4, 0.5) is 0 Å². The van der Waals surface area contributed by atoms with Crippen LogP contribution >= 0.6 is 0 Å². The van der Waals surface area contributed by atoms with Crippen LogP contribution in [0.1, 0.15) is 46.8 Å². The molecular weight excluding hydrogens is 406 g/mol. The summed E-state index contributed by atoms with van der Waals surface area (Å²) in [4.78, 5) is 2.08. The third kappa shape index (κ3) is 4.06. The molecule has 3 aromatic rings. The second-order valence-electron chi connectivity index (χ2n) is 8.15. The molecule has 9 nitrogen and oxygen atoms in total. The molecule has 0 amide bonds. The summed E-state index contributed by atoms with van der Waals surface area (Å²) in [5.41, 5.74) is 3.84. The van der Waals surface area contributed by atoms with Crippen molar-refractivity contribution in [3.05, 3.63) is 40.4 Å². The molecule has 4 rings (SSSR count). The fraction of sp³-hybridized carbons (Fsp3) is 0.550. The fourth-order valence-corrected chi connectivity index (χ4v) is 5.77. The summed E-state index contributed by atoms with van der Waals surface area (Å²) in [6.45, 7) is 8.86. The lowest BCUT2D eigenvalue weighted by molar-refractivity contribution is 0.281. The molecule has 1 aliphatic rings. The quantitative estimate of drug-likeness (QED) is 0.584. The number of furan rings is 1. The smallest absolute Gasteiger partial charge is 0.251 e. The minimum absolute atomic E-state index is 0.0760. The molecule has 0 aliphatic carbocycles. The summed E-state index contributed by atoms with van der Waals surface area (Å²) < 4.78 is 36.9. The Hall–Kier alpha value is -2.46. The number of rotatable bonds is 6. The zero-order valence-electron chi connectivity index (χ0n) is 18.0. The van der Waals surface area contributed by atoms with Crippen LogP contribution in [0.15, 0.2) is 14.9 Å². The van der Waals surface area contributed by atoms with Crippen LogP contribution in [0.25, 0.3) is 11.5 Å². The molecule has 1 saturated heterocycles. The Morgan fingerprint density at radius 2 is 1.93 bits per heavy atom. The summed E-state index contributed by atoms with van der Waals surface area (Å²) >= 11 is 0. The minimum atomic E-state index is -2.96. The Kier molecular flexibility index (Phi) is 5.31. The standard InChI is InChI=1S/C20H27N5O4S/c1-12-8-17(15(4)28-12)20-22-21-19(29-20)10-24(5)9-18-13(2)23-25(14(18)3)16-6-7-30(26,27)11-16/h8,16H,6-7,9-11H2,1-5H3/t16-/m0/s1. The maximum absolute atomic E-state index is 11.8. The predicted molar refractivity (Wildman–Crippen MR) is 111 cm³/mol. The van der Waals surface area contributed by atoms with E-state index >= 15 is 0 Å². The van der Waals surface area contributed by atoms with Gasteiger partial charge in [0.25, 0.3) is 5.89 Å². The Labute approximate surface area is 176 Å². The lowest BCUT2D eigenvalue weighted by atomic mass is 10.1. The first-order valence-electron chi connectivity index (χ1n) is 9.96. The lowest BCUT2D eigenvalue weighted by Crippen LogP contribution is -2.19. The Bertz CT molecular complexity index is 1170. The average Bonchev–Trinajstić information content (AvgIpc) is 3.39. The molecule has 10 heteroatoms. The van der Waals surface area contributed by atoms with Gasteiger partial charge >= 0.3 is 0 Å². The highest BCUT2D eigenvalue weighted by atomic mass is 32.2. The number of sulfone groups is 1. The van der Waals surface area contributed by atoms with Crippen molar-refractivity contribution in [2.75, 3.05) is 18.6 Å². The van der Waals surface area contributed by atoms with Crippen LogP contribution in [-0.2, 0) is 22.9 Å². The van der Waals surface area contributed by atoms with Crippen LogP contribution < -0.4 is 0 Å². The van der Waals surface area contributed by atoms with Gasteiger partial charge < -0.3 is 8.83 Å². The Morgan fingerprint density at radius 1 is 1.17 bits per heavy atom. The van der Waals surface area contributed by atoms with Crippen molar-refractivity contribution < 1.29 is 17.3 Å². The highest BCUT2D eigenvalue weighted by Crippen LogP contribution is 2.28. The van der Waals surface area contributed by atoms with Crippen LogP contribution in [0.3, 0.4) is 0 Å². The van der Waals surface area contributed by atoms with E-state index in [4.69, 9.17) is 8.83 Å². The van der Waals surface area contributed by atoms with Crippen LogP contribution in [0.5, 0.6) is 0 Å². The molecule has 0 saturated carbocycles. The molecule has 0 N–H and O–H groups in total. The topological polar surface area (TPSA) is 107 Å². The molecule has 0 spiro atoms. The van der Waals surface area contributed by atoms with Crippen molar-refractivity contribution in [3.8, 4) is 11.5 Å². The fourth-order valence-electron chi connectivity index (χ4n) is 4.08. The SMILES string of the molecule is Cc1cc(-c2nnc(CN(C)Cc3c(C)nn([C@H]4CCS(=O)(=O)C4)c3C)o2)c(C)o1. The van der Waals surface area contributed by atoms with E-state index in [9.17, 15) is 8.42 Å². The molecule has 162 valence electrons. The number of aryl methyl sites for hydroxylation is 3. The van der Waals surface area contributed by atoms with Crippen molar-refractivity contribution in [1.29, 1.82) is 0 Å². The molecule has 0 unspecified atom stereocenters. The Balaban J connectivity index is 1.46. The third-order valence-corrected chi connectivity index (χ3v) is 7.35. The molecule has 0 aromatic carbocycles. The average molecular weight is 434 g/mol. The normalized spacial score (nSPS) is 18.5. The number of aromatic nitrogens is 4. The number of hydrogen-bond acceptors (Lipinski definition) is 8. The van der Waals surface area contributed by atoms with Gasteiger partial charge in [-0.05, 0) is 47.2 Å². The van der Waals surface area contributed by atoms with Gasteiger partial charge in [0.1, 0.15) is 11.5 Å². The predicted octanol–water partition coefficient (Wildman–Crippen LogP) is 2.75. The summed E-state index contributed by atoms with van der Waals surface area (Å²) in [6, 6.07) is 1.81. The molecule has 0 radical (unpaired) electrons. The molecule has 4 heterocycles. The first kappa shape index (κ1) is 20.8. The maximum atomic E-state index is 11.8. The lowest BCUT2D eigenvalue weighted by Gasteiger charge is -2.15. The number of nitrogens with zero attached hydrogens (tertiary/aromatic N) is 5. The molecule has 30 heavy (non-hydrogen) atoms. The molecule has 1 aliphatic heterocycles. The highest BCUT2D eigenvalue weighted by Gasteiger charge is 2.31. The zero-order chi connectivity index (χ0) is 21.6. The van der Waals surface area contributed by atoms with Gasteiger partial charge in [0.05, 0.1) is 35.3 Å². The second-order valence-corrected chi connectivity index (χ2v) is 10.4. The molecule has 1 atom stereocenters. The molecule has 0 bridgehead atoms. The zero-order valence-corrected chi connectivity index (χ0v) is 18.8. The van der Waals surface area contributed by atoms with E-state index in [1.165, 1.54) is 0 Å². The minimum Gasteiger partial charge on any atom is -0.466 e. The van der Waals surface area contributed by atoms with Gasteiger partial charge in [-0.25, -0.2) is 8.42 Å². The van der Waals surface area contributed by atoms with Crippen molar-refractivity contribution >= 4 is 9.84 Å². The van der Waals surface area contributed by atoms with E-state index < -0.39 is 9.84 Å². The van der Waals surface area contributed by atoms with E-state index in [1.54, 1.807) is 0 Å². The summed E-state index contributed by atoms with van der Waals surface area (Å²) in [5.74, 6) is 2.94. The summed E-state index contributed by atoms with van der Waals surface area (Å²) in [7, 11) is -0.976. The van der Waals surface area contributed by atoms with E-state index in [0.717, 1.165) is 34.0 Å². The second kappa shape index (κ2) is 7.66. The van der Waals surface area contributed by atoms with Crippen molar-refractivity contribution in [1.82, 2.24) is 24.9 Å². The summed E-state index contributed by atoms with van der Waals surface area (Å²) in [5, 5.41) is 13.0. The maximum Gasteiger partial charge on any atom is 0.251 e. The van der Waals surface area contributed by atoms with Crippen molar-refractivity contribution in [2.45, 2.75) is 53.2 Å². The number of hydrogen-bond donors (Lipinski definition) is 0. The van der Waals surface area contributed by atoms with Gasteiger partial charge in [0.2, 0.25) is 5.89 Å². The molecule has 3 aromatic heterocycles. The van der Waals surface area contributed by atoms with Crippen LogP contribution in [0, 0.1) is 27.7 Å². The van der Waals surface area contributed by atoms with Gasteiger partial charge in [-0.3, -0.25) is 9.58 Å². The third-order valence-electron chi connectivity index (χ3n) is 5.60. The first-order chi connectivity index (χ1) is 14.1. The van der Waals surface area contributed by atoms with Crippen molar-refractivity contribution in [2.24, 2.45) is 0 Å². The van der Waals surface area contributed by atoms with Gasteiger partial charge in [-0.1, -0.05) is 0 Å². The monoisotopic (exact) mass is 433 g/mol. The summed E-state index contributed by atoms with van der Waals surface area (Å²) in [6.07, 6.45) is 0.622. The van der Waals surface area contributed by atoms with E-state index in [2.05, 4.69) is 20.2 Å². The van der Waals surface area contributed by atoms with Gasteiger partial charge in [0, 0.05) is 17.8 Å². The van der Waals surface area contributed by atoms with Gasteiger partial charge in [-0.15, -0.1) is 10.2 Å². The van der Waals surface area contributed by atoms with Crippen molar-refractivity contribution in [3.63, 3.8) is 0 Å².